The van der Waals surface area contributed by atoms with Crippen LogP contribution in [0.1, 0.15) is 42.4 Å². The molecule has 0 aliphatic carbocycles. The fourth-order valence-corrected chi connectivity index (χ4v) is 2.12. The van der Waals surface area contributed by atoms with E-state index in [0.717, 1.165) is 35.5 Å². The average molecular weight is 399 g/mol. The minimum atomic E-state index is -4.61. The summed E-state index contributed by atoms with van der Waals surface area (Å²) in [6.07, 6.45) is -3.19. The first-order chi connectivity index (χ1) is 12.9. The number of halogens is 4. The molecule has 0 aromatic carbocycles. The van der Waals surface area contributed by atoms with Crippen LogP contribution in [0.4, 0.5) is 28.2 Å². The van der Waals surface area contributed by atoms with Crippen LogP contribution in [0.3, 0.4) is 0 Å². The van der Waals surface area contributed by atoms with Crippen molar-refractivity contribution in [2.75, 3.05) is 4.90 Å². The summed E-state index contributed by atoms with van der Waals surface area (Å²) in [5.41, 5.74) is -1.85. The molecule has 0 saturated carbocycles. The number of amides is 1. The molecule has 0 spiro atoms. The van der Waals surface area contributed by atoms with Crippen LogP contribution in [-0.4, -0.2) is 27.9 Å². The Morgan fingerprint density at radius 2 is 1.86 bits per heavy atom. The molecule has 0 radical (unpaired) electrons. The van der Waals surface area contributed by atoms with Gasteiger partial charge in [-0.25, -0.2) is 14.2 Å². The van der Waals surface area contributed by atoms with Gasteiger partial charge in [0.25, 0.3) is 0 Å². The maximum Gasteiger partial charge on any atom is 0.433 e. The van der Waals surface area contributed by atoms with E-state index in [2.05, 4.69) is 9.97 Å². The highest BCUT2D eigenvalue weighted by molar-refractivity contribution is 5.87. The zero-order valence-corrected chi connectivity index (χ0v) is 15.2. The summed E-state index contributed by atoms with van der Waals surface area (Å²) < 4.78 is 57.5. The van der Waals surface area contributed by atoms with Gasteiger partial charge in [-0.15, -0.1) is 0 Å². The van der Waals surface area contributed by atoms with Crippen LogP contribution in [0.5, 0.6) is 0 Å². The second-order valence-corrected chi connectivity index (χ2v) is 6.81. The molecule has 10 heteroatoms. The topological polar surface area (TPSA) is 72.4 Å². The Balaban J connectivity index is 2.38. The van der Waals surface area contributed by atoms with Gasteiger partial charge in [0.2, 0.25) is 0 Å². The lowest BCUT2D eigenvalue weighted by atomic mass is 10.2. The standard InChI is InChI=1S/C18H17F4N3O3/c1-17(2,3)28-16(27)25(15-13(19)6-12(10-26)8-24-15)9-11-4-5-14(23-7-11)18(20,21)22/h4-8,10H,9H2,1-3H3. The van der Waals surface area contributed by atoms with E-state index in [1.54, 1.807) is 20.8 Å². The van der Waals surface area contributed by atoms with Crippen molar-refractivity contribution >= 4 is 18.2 Å². The Morgan fingerprint density at radius 1 is 1.18 bits per heavy atom. The summed E-state index contributed by atoms with van der Waals surface area (Å²) in [7, 11) is 0. The number of hydrogen-bond acceptors (Lipinski definition) is 5. The van der Waals surface area contributed by atoms with Crippen molar-refractivity contribution in [3.05, 3.63) is 53.2 Å². The third-order valence-electron chi connectivity index (χ3n) is 3.30. The molecule has 2 rings (SSSR count). The maximum absolute atomic E-state index is 14.4. The molecule has 0 N–H and O–H groups in total. The lowest BCUT2D eigenvalue weighted by Gasteiger charge is -2.27. The van der Waals surface area contributed by atoms with Gasteiger partial charge in [0.05, 0.1) is 6.54 Å². The Bertz CT molecular complexity index is 862. The molecule has 2 heterocycles. The van der Waals surface area contributed by atoms with E-state index in [-0.39, 0.29) is 17.7 Å². The van der Waals surface area contributed by atoms with Crippen LogP contribution in [-0.2, 0) is 17.5 Å². The van der Waals surface area contributed by atoms with Gasteiger partial charge in [-0.3, -0.25) is 14.7 Å². The third kappa shape index (κ3) is 5.48. The molecule has 0 saturated heterocycles. The number of aromatic nitrogens is 2. The van der Waals surface area contributed by atoms with E-state index in [0.29, 0.717) is 6.29 Å². The third-order valence-corrected chi connectivity index (χ3v) is 3.30. The molecule has 0 fully saturated rings. The molecule has 1 amide bonds. The van der Waals surface area contributed by atoms with Crippen molar-refractivity contribution in [1.29, 1.82) is 0 Å². The summed E-state index contributed by atoms with van der Waals surface area (Å²) in [5.74, 6) is -1.39. The molecular formula is C18H17F4N3O3. The molecule has 0 aliphatic rings. The Hall–Kier alpha value is -3.04. The van der Waals surface area contributed by atoms with Crippen molar-refractivity contribution in [3.63, 3.8) is 0 Å². The van der Waals surface area contributed by atoms with Crippen LogP contribution in [0.15, 0.2) is 30.6 Å². The fraction of sp³-hybridized carbons (Fsp3) is 0.333. The Morgan fingerprint density at radius 3 is 2.32 bits per heavy atom. The molecule has 6 nitrogen and oxygen atoms in total. The summed E-state index contributed by atoms with van der Waals surface area (Å²) in [5, 5.41) is 0. The minimum absolute atomic E-state index is 0.0402. The van der Waals surface area contributed by atoms with E-state index in [4.69, 9.17) is 4.74 Å². The van der Waals surface area contributed by atoms with Gasteiger partial charge in [-0.05, 0) is 38.5 Å². The number of carbonyl (C=O) groups excluding carboxylic acids is 2. The van der Waals surface area contributed by atoms with Crippen LogP contribution < -0.4 is 4.90 Å². The van der Waals surface area contributed by atoms with E-state index < -0.39 is 35.2 Å². The van der Waals surface area contributed by atoms with Gasteiger partial charge >= 0.3 is 12.3 Å². The van der Waals surface area contributed by atoms with Crippen LogP contribution in [0.2, 0.25) is 0 Å². The second kappa shape index (κ2) is 7.91. The average Bonchev–Trinajstić information content (AvgIpc) is 2.58. The van der Waals surface area contributed by atoms with Gasteiger partial charge < -0.3 is 4.74 Å². The maximum atomic E-state index is 14.4. The molecule has 2 aromatic rings. The quantitative estimate of drug-likeness (QED) is 0.563. The number of aldehydes is 1. The zero-order chi connectivity index (χ0) is 21.1. The number of rotatable bonds is 4. The highest BCUT2D eigenvalue weighted by Crippen LogP contribution is 2.28. The van der Waals surface area contributed by atoms with Gasteiger partial charge in [-0.1, -0.05) is 6.07 Å². The van der Waals surface area contributed by atoms with Crippen molar-refractivity contribution in [3.8, 4) is 0 Å². The zero-order valence-electron chi connectivity index (χ0n) is 15.2. The van der Waals surface area contributed by atoms with Crippen molar-refractivity contribution in [2.45, 2.75) is 39.1 Å². The van der Waals surface area contributed by atoms with Crippen molar-refractivity contribution in [2.24, 2.45) is 0 Å². The first-order valence-electron chi connectivity index (χ1n) is 8.04. The largest absolute Gasteiger partial charge is 0.443 e. The lowest BCUT2D eigenvalue weighted by molar-refractivity contribution is -0.141. The molecule has 28 heavy (non-hydrogen) atoms. The summed E-state index contributed by atoms with van der Waals surface area (Å²) >= 11 is 0. The molecule has 2 aromatic heterocycles. The van der Waals surface area contributed by atoms with Crippen LogP contribution >= 0.6 is 0 Å². The molecule has 150 valence electrons. The highest BCUT2D eigenvalue weighted by Gasteiger charge is 2.32. The van der Waals surface area contributed by atoms with Gasteiger partial charge in [0.1, 0.15) is 11.3 Å². The number of ether oxygens (including phenoxy) is 1. The molecule has 0 unspecified atom stereocenters. The number of anilines is 1. The van der Waals surface area contributed by atoms with Gasteiger partial charge in [-0.2, -0.15) is 13.2 Å². The highest BCUT2D eigenvalue weighted by atomic mass is 19.4. The second-order valence-electron chi connectivity index (χ2n) is 6.81. The van der Waals surface area contributed by atoms with Crippen molar-refractivity contribution in [1.82, 2.24) is 9.97 Å². The predicted molar refractivity (Wildman–Crippen MR) is 91.2 cm³/mol. The number of hydrogen-bond donors (Lipinski definition) is 0. The first-order valence-corrected chi connectivity index (χ1v) is 8.04. The van der Waals surface area contributed by atoms with E-state index in [1.807, 2.05) is 0 Å². The normalized spacial score (nSPS) is 11.8. The SMILES string of the molecule is CC(C)(C)OC(=O)N(Cc1ccc(C(F)(F)F)nc1)c1ncc(C=O)cc1F. The van der Waals surface area contributed by atoms with Gasteiger partial charge in [0, 0.05) is 18.0 Å². The monoisotopic (exact) mass is 399 g/mol. The molecular weight excluding hydrogens is 382 g/mol. The predicted octanol–water partition coefficient (Wildman–Crippen LogP) is 4.39. The summed E-state index contributed by atoms with van der Waals surface area (Å²) in [6.45, 7) is 4.45. The lowest BCUT2D eigenvalue weighted by Crippen LogP contribution is -2.37. The molecule has 0 atom stereocenters. The van der Waals surface area contributed by atoms with E-state index in [1.165, 1.54) is 0 Å². The molecule has 0 bridgehead atoms. The summed E-state index contributed by atoms with van der Waals surface area (Å²) in [6, 6.07) is 2.75. The first kappa shape index (κ1) is 21.3. The van der Waals surface area contributed by atoms with Crippen LogP contribution in [0, 0.1) is 5.82 Å². The van der Waals surface area contributed by atoms with Crippen molar-refractivity contribution < 1.29 is 31.9 Å². The molecule has 0 aliphatic heterocycles. The Labute approximate surface area is 158 Å². The number of pyridine rings is 2. The number of nitrogens with zero attached hydrogens (tertiary/aromatic N) is 3. The summed E-state index contributed by atoms with van der Waals surface area (Å²) in [4.78, 5) is 31.2. The van der Waals surface area contributed by atoms with E-state index >= 15 is 0 Å². The number of carbonyl (C=O) groups is 2. The number of alkyl halides is 3. The smallest absolute Gasteiger partial charge is 0.433 e. The fourth-order valence-electron chi connectivity index (χ4n) is 2.12. The minimum Gasteiger partial charge on any atom is -0.443 e. The van der Waals surface area contributed by atoms with Crippen LogP contribution in [0.25, 0.3) is 0 Å². The van der Waals surface area contributed by atoms with E-state index in [9.17, 15) is 27.2 Å². The Kier molecular flexibility index (Phi) is 6.01. The van der Waals surface area contributed by atoms with Gasteiger partial charge in [0.15, 0.2) is 17.9 Å².